The first-order valence-corrected chi connectivity index (χ1v) is 7.28. The van der Waals surface area contributed by atoms with Crippen molar-refractivity contribution in [2.75, 3.05) is 0 Å². The van der Waals surface area contributed by atoms with E-state index in [0.29, 0.717) is 6.42 Å². The fourth-order valence-electron chi connectivity index (χ4n) is 2.13. The van der Waals surface area contributed by atoms with Crippen molar-refractivity contribution in [3.63, 3.8) is 0 Å². The molecule has 4 heteroatoms. The summed E-state index contributed by atoms with van der Waals surface area (Å²) >= 11 is 0. The number of carbonyl (C=O) groups is 1. The third-order valence-electron chi connectivity index (χ3n) is 3.37. The maximum Gasteiger partial charge on any atom is 0.201 e. The fourth-order valence-corrected chi connectivity index (χ4v) is 2.13. The zero-order valence-electron chi connectivity index (χ0n) is 11.9. The van der Waals surface area contributed by atoms with E-state index in [0.717, 1.165) is 31.4 Å². The number of carbonyl (C=O) groups excluding carboxylic acids is 1. The normalized spacial score (nSPS) is 10.8. The predicted molar refractivity (Wildman–Crippen MR) is 75.0 cm³/mol. The highest BCUT2D eigenvalue weighted by atomic mass is 19.2. The van der Waals surface area contributed by atoms with Gasteiger partial charge < -0.3 is 5.11 Å². The number of hydrogen-bond donors (Lipinski definition) is 1. The second-order valence-electron chi connectivity index (χ2n) is 5.05. The molecule has 0 aliphatic carbocycles. The first-order valence-electron chi connectivity index (χ1n) is 7.28. The Hall–Kier alpha value is -1.45. The van der Waals surface area contributed by atoms with Gasteiger partial charge in [-0.2, -0.15) is 4.39 Å². The molecule has 20 heavy (non-hydrogen) atoms. The Morgan fingerprint density at radius 1 is 1.00 bits per heavy atom. The molecule has 0 unspecified atom stereocenters. The second-order valence-corrected chi connectivity index (χ2v) is 5.05. The van der Waals surface area contributed by atoms with Gasteiger partial charge in [0, 0.05) is 6.42 Å². The smallest absolute Gasteiger partial charge is 0.201 e. The van der Waals surface area contributed by atoms with Crippen LogP contribution in [0.4, 0.5) is 8.78 Å². The largest absolute Gasteiger partial charge is 0.505 e. The van der Waals surface area contributed by atoms with Crippen molar-refractivity contribution in [2.45, 2.75) is 58.3 Å². The quantitative estimate of drug-likeness (QED) is 0.512. The Bertz CT molecular complexity index is 444. The molecular formula is C16H22F2O2. The fraction of sp³-hybridized carbons (Fsp3) is 0.562. The summed E-state index contributed by atoms with van der Waals surface area (Å²) in [5, 5.41) is 9.00. The molecule has 0 heterocycles. The highest BCUT2D eigenvalue weighted by molar-refractivity contribution is 5.96. The third kappa shape index (κ3) is 4.91. The number of unbranched alkanes of at least 4 members (excludes halogenated alkanes) is 6. The summed E-state index contributed by atoms with van der Waals surface area (Å²) in [5.41, 5.74) is -0.272. The van der Waals surface area contributed by atoms with Crippen LogP contribution in [0, 0.1) is 11.6 Å². The van der Waals surface area contributed by atoms with Gasteiger partial charge in [0.25, 0.3) is 0 Å². The first-order chi connectivity index (χ1) is 9.57. The summed E-state index contributed by atoms with van der Waals surface area (Å²) in [6, 6.07) is 2.15. The molecule has 0 bridgehead atoms. The lowest BCUT2D eigenvalue weighted by molar-refractivity contribution is 0.0974. The van der Waals surface area contributed by atoms with Crippen molar-refractivity contribution in [1.82, 2.24) is 0 Å². The van der Waals surface area contributed by atoms with Gasteiger partial charge in [-0.3, -0.25) is 4.79 Å². The van der Waals surface area contributed by atoms with Crippen LogP contribution in [0.15, 0.2) is 12.1 Å². The number of ketones is 1. The summed E-state index contributed by atoms with van der Waals surface area (Å²) in [5.74, 6) is -3.78. The van der Waals surface area contributed by atoms with E-state index in [1.54, 1.807) is 0 Å². The van der Waals surface area contributed by atoms with Crippen LogP contribution in [0.2, 0.25) is 0 Å². The molecule has 0 saturated carbocycles. The molecule has 1 rings (SSSR count). The van der Waals surface area contributed by atoms with Gasteiger partial charge in [0.15, 0.2) is 17.3 Å². The van der Waals surface area contributed by atoms with Crippen LogP contribution in [0.5, 0.6) is 5.75 Å². The minimum Gasteiger partial charge on any atom is -0.505 e. The van der Waals surface area contributed by atoms with Crippen LogP contribution >= 0.6 is 0 Å². The van der Waals surface area contributed by atoms with E-state index in [1.807, 2.05) is 0 Å². The van der Waals surface area contributed by atoms with E-state index in [2.05, 4.69) is 6.92 Å². The molecule has 112 valence electrons. The van der Waals surface area contributed by atoms with E-state index >= 15 is 0 Å². The van der Waals surface area contributed by atoms with Gasteiger partial charge in [-0.25, -0.2) is 4.39 Å². The second kappa shape index (κ2) is 8.67. The molecule has 1 N–H and O–H groups in total. The van der Waals surface area contributed by atoms with E-state index in [1.165, 1.54) is 19.3 Å². The van der Waals surface area contributed by atoms with Crippen LogP contribution in [0.3, 0.4) is 0 Å². The topological polar surface area (TPSA) is 37.3 Å². The van der Waals surface area contributed by atoms with Crippen molar-refractivity contribution in [3.8, 4) is 5.75 Å². The first kappa shape index (κ1) is 16.6. The molecule has 0 aromatic heterocycles. The molecule has 0 amide bonds. The SMILES string of the molecule is CCCCCCCCCC(=O)c1ccc(O)c(F)c1F. The summed E-state index contributed by atoms with van der Waals surface area (Å²) in [4.78, 5) is 11.8. The number of phenolic OH excluding ortho intramolecular Hbond substituents is 1. The van der Waals surface area contributed by atoms with Crippen LogP contribution in [0.25, 0.3) is 0 Å². The molecule has 0 spiro atoms. The van der Waals surface area contributed by atoms with Crippen molar-refractivity contribution in [2.24, 2.45) is 0 Å². The molecule has 0 aliphatic heterocycles. The van der Waals surface area contributed by atoms with Crippen LogP contribution in [0.1, 0.15) is 68.6 Å². The van der Waals surface area contributed by atoms with Crippen LogP contribution in [-0.4, -0.2) is 10.9 Å². The van der Waals surface area contributed by atoms with Gasteiger partial charge in [-0.15, -0.1) is 0 Å². The number of rotatable bonds is 9. The third-order valence-corrected chi connectivity index (χ3v) is 3.37. The van der Waals surface area contributed by atoms with Gasteiger partial charge in [-0.05, 0) is 18.6 Å². The van der Waals surface area contributed by atoms with Gasteiger partial charge in [0.1, 0.15) is 0 Å². The maximum absolute atomic E-state index is 13.5. The van der Waals surface area contributed by atoms with Gasteiger partial charge in [0.05, 0.1) is 5.56 Å². The molecule has 1 aromatic rings. The molecule has 0 fully saturated rings. The molecule has 1 aromatic carbocycles. The van der Waals surface area contributed by atoms with Gasteiger partial charge in [0.2, 0.25) is 5.82 Å². The molecule has 0 radical (unpaired) electrons. The van der Waals surface area contributed by atoms with E-state index in [4.69, 9.17) is 5.11 Å². The molecule has 0 aliphatic rings. The Morgan fingerprint density at radius 3 is 2.25 bits per heavy atom. The Kier molecular flexibility index (Phi) is 7.20. The van der Waals surface area contributed by atoms with E-state index in [9.17, 15) is 13.6 Å². The van der Waals surface area contributed by atoms with Crippen molar-refractivity contribution >= 4 is 5.78 Å². The zero-order chi connectivity index (χ0) is 15.0. The lowest BCUT2D eigenvalue weighted by Crippen LogP contribution is -2.04. The number of benzene rings is 1. The minimum atomic E-state index is -1.35. The Morgan fingerprint density at radius 2 is 1.60 bits per heavy atom. The standard InChI is InChI=1S/C16H22F2O2/c1-2-3-4-5-6-7-8-9-13(19)12-10-11-14(20)16(18)15(12)17/h10-11,20H,2-9H2,1H3. The number of phenols is 1. The zero-order valence-corrected chi connectivity index (χ0v) is 11.9. The lowest BCUT2D eigenvalue weighted by Gasteiger charge is -2.05. The van der Waals surface area contributed by atoms with Crippen molar-refractivity contribution < 1.29 is 18.7 Å². The average Bonchev–Trinajstić information content (AvgIpc) is 2.43. The van der Waals surface area contributed by atoms with Crippen molar-refractivity contribution in [3.05, 3.63) is 29.3 Å². The highest BCUT2D eigenvalue weighted by Gasteiger charge is 2.17. The minimum absolute atomic E-state index is 0.217. The summed E-state index contributed by atoms with van der Waals surface area (Å²) in [7, 11) is 0. The number of Topliss-reactive ketones (excluding diaryl/α,β-unsaturated/α-hetero) is 1. The number of halogens is 2. The predicted octanol–water partition coefficient (Wildman–Crippen LogP) is 4.99. The average molecular weight is 284 g/mol. The monoisotopic (exact) mass is 284 g/mol. The van der Waals surface area contributed by atoms with Gasteiger partial charge in [-0.1, -0.05) is 45.4 Å². The number of aromatic hydroxyl groups is 1. The summed E-state index contributed by atoms with van der Waals surface area (Å²) in [6.07, 6.45) is 7.70. The van der Waals surface area contributed by atoms with Gasteiger partial charge >= 0.3 is 0 Å². The summed E-state index contributed by atoms with van der Waals surface area (Å²) < 4.78 is 26.6. The lowest BCUT2D eigenvalue weighted by atomic mass is 10.0. The highest BCUT2D eigenvalue weighted by Crippen LogP contribution is 2.22. The molecule has 0 saturated heterocycles. The van der Waals surface area contributed by atoms with Crippen LogP contribution in [-0.2, 0) is 0 Å². The molecular weight excluding hydrogens is 262 g/mol. The Balaban J connectivity index is 2.35. The summed E-state index contributed by atoms with van der Waals surface area (Å²) in [6.45, 7) is 2.16. The van der Waals surface area contributed by atoms with Crippen molar-refractivity contribution in [1.29, 1.82) is 0 Å². The molecule has 2 nitrogen and oxygen atoms in total. The van der Waals surface area contributed by atoms with Crippen LogP contribution < -0.4 is 0 Å². The number of hydrogen-bond acceptors (Lipinski definition) is 2. The van der Waals surface area contributed by atoms with E-state index < -0.39 is 23.2 Å². The molecule has 0 atom stereocenters. The maximum atomic E-state index is 13.5. The van der Waals surface area contributed by atoms with E-state index in [-0.39, 0.29) is 12.0 Å². The Labute approximate surface area is 118 Å².